The number of benzene rings is 2. The molecule has 29 heavy (non-hydrogen) atoms. The fourth-order valence-corrected chi connectivity index (χ4v) is 4.14. The van der Waals surface area contributed by atoms with Crippen molar-refractivity contribution in [2.24, 2.45) is 5.92 Å². The van der Waals surface area contributed by atoms with E-state index in [1.165, 1.54) is 11.1 Å². The lowest BCUT2D eigenvalue weighted by molar-refractivity contribution is -0.143. The molecule has 3 rings (SSSR count). The monoisotopic (exact) mass is 399 g/mol. The molecule has 1 aliphatic heterocycles. The number of hydrogen-bond acceptors (Lipinski definition) is 5. The van der Waals surface area contributed by atoms with Crippen molar-refractivity contribution >= 4 is 5.97 Å². The lowest BCUT2D eigenvalue weighted by Gasteiger charge is -2.38. The number of carbonyl (C=O) groups is 1. The van der Waals surface area contributed by atoms with Gasteiger partial charge in [0.25, 0.3) is 0 Å². The number of carboxylic acid groups (broad SMARTS) is 1. The molecule has 1 N–H and O–H groups in total. The molecule has 0 saturated carbocycles. The molecular formula is C23H29NO5. The summed E-state index contributed by atoms with van der Waals surface area (Å²) in [4.78, 5) is 13.7. The van der Waals surface area contributed by atoms with Crippen molar-refractivity contribution in [3.63, 3.8) is 0 Å². The normalized spacial score (nSPS) is 16.3. The first-order valence-electron chi connectivity index (χ1n) is 9.82. The number of rotatable bonds is 7. The third-order valence-corrected chi connectivity index (χ3v) is 5.73. The Morgan fingerprint density at radius 3 is 2.10 bits per heavy atom. The van der Waals surface area contributed by atoms with E-state index in [0.717, 1.165) is 5.56 Å². The third-order valence-electron chi connectivity index (χ3n) is 5.73. The molecule has 0 aliphatic carbocycles. The predicted octanol–water partition coefficient (Wildman–Crippen LogP) is 3.91. The van der Waals surface area contributed by atoms with E-state index in [2.05, 4.69) is 24.0 Å². The standard InChI is InChI=1S/C23H29NO5/c1-15-7-5-6-8-18(15)21(24-11-9-16(10-12-24)23(25)26)17-13-19(27-2)22(29-4)20(14-17)28-3/h5-8,13-14,16,21H,9-12H2,1-4H3,(H,25,26). The summed E-state index contributed by atoms with van der Waals surface area (Å²) < 4.78 is 16.6. The minimum Gasteiger partial charge on any atom is -0.493 e. The molecule has 0 radical (unpaired) electrons. The Morgan fingerprint density at radius 1 is 1.03 bits per heavy atom. The van der Waals surface area contributed by atoms with E-state index in [4.69, 9.17) is 14.2 Å². The first-order valence-corrected chi connectivity index (χ1v) is 9.82. The Hall–Kier alpha value is -2.73. The summed E-state index contributed by atoms with van der Waals surface area (Å²) >= 11 is 0. The van der Waals surface area contributed by atoms with Gasteiger partial charge in [-0.3, -0.25) is 9.69 Å². The molecule has 156 valence electrons. The maximum atomic E-state index is 11.4. The average Bonchev–Trinajstić information content (AvgIpc) is 2.74. The van der Waals surface area contributed by atoms with E-state index in [-0.39, 0.29) is 12.0 Å². The van der Waals surface area contributed by atoms with Crippen LogP contribution in [0.1, 0.15) is 35.6 Å². The van der Waals surface area contributed by atoms with Crippen LogP contribution in [0.2, 0.25) is 0 Å². The molecule has 2 aromatic rings. The largest absolute Gasteiger partial charge is 0.493 e. The predicted molar refractivity (Wildman–Crippen MR) is 111 cm³/mol. The number of methoxy groups -OCH3 is 3. The quantitative estimate of drug-likeness (QED) is 0.761. The van der Waals surface area contributed by atoms with Crippen LogP contribution in [0.15, 0.2) is 36.4 Å². The van der Waals surface area contributed by atoms with Crippen molar-refractivity contribution in [2.45, 2.75) is 25.8 Å². The van der Waals surface area contributed by atoms with Crippen LogP contribution in [0.4, 0.5) is 0 Å². The van der Waals surface area contributed by atoms with Gasteiger partial charge in [-0.2, -0.15) is 0 Å². The molecule has 6 heteroatoms. The van der Waals surface area contributed by atoms with Gasteiger partial charge in [-0.15, -0.1) is 0 Å². The second-order valence-corrected chi connectivity index (χ2v) is 7.37. The van der Waals surface area contributed by atoms with Crippen LogP contribution >= 0.6 is 0 Å². The van der Waals surface area contributed by atoms with Gasteiger partial charge in [0.1, 0.15) is 0 Å². The van der Waals surface area contributed by atoms with Gasteiger partial charge in [-0.05, 0) is 61.7 Å². The fraction of sp³-hybridized carbons (Fsp3) is 0.435. The van der Waals surface area contributed by atoms with Gasteiger partial charge in [-0.1, -0.05) is 24.3 Å². The van der Waals surface area contributed by atoms with Crippen LogP contribution in [0.3, 0.4) is 0 Å². The Balaban J connectivity index is 2.07. The van der Waals surface area contributed by atoms with Gasteiger partial charge >= 0.3 is 5.97 Å². The lowest BCUT2D eigenvalue weighted by atomic mass is 9.89. The summed E-state index contributed by atoms with van der Waals surface area (Å²) in [6.07, 6.45) is 1.28. The zero-order valence-corrected chi connectivity index (χ0v) is 17.5. The number of hydrogen-bond donors (Lipinski definition) is 1. The van der Waals surface area contributed by atoms with E-state index in [1.54, 1.807) is 21.3 Å². The highest BCUT2D eigenvalue weighted by Gasteiger charge is 2.32. The van der Waals surface area contributed by atoms with Crippen LogP contribution in [0.5, 0.6) is 17.2 Å². The highest BCUT2D eigenvalue weighted by Crippen LogP contribution is 2.43. The first-order chi connectivity index (χ1) is 14.0. The SMILES string of the molecule is COc1cc(C(c2ccccc2C)N2CCC(C(=O)O)CC2)cc(OC)c1OC. The van der Waals surface area contributed by atoms with Gasteiger partial charge < -0.3 is 19.3 Å². The second-order valence-electron chi connectivity index (χ2n) is 7.37. The third kappa shape index (κ3) is 4.32. The molecular weight excluding hydrogens is 370 g/mol. The molecule has 0 amide bonds. The Morgan fingerprint density at radius 2 is 1.62 bits per heavy atom. The van der Waals surface area contributed by atoms with E-state index in [9.17, 15) is 9.90 Å². The molecule has 1 heterocycles. The summed E-state index contributed by atoms with van der Waals surface area (Å²) in [5.41, 5.74) is 3.41. The van der Waals surface area contributed by atoms with E-state index in [0.29, 0.717) is 43.2 Å². The fourth-order valence-electron chi connectivity index (χ4n) is 4.14. The zero-order chi connectivity index (χ0) is 21.0. The van der Waals surface area contributed by atoms with Crippen molar-refractivity contribution in [3.05, 3.63) is 53.1 Å². The molecule has 6 nitrogen and oxygen atoms in total. The molecule has 0 aromatic heterocycles. The van der Waals surface area contributed by atoms with E-state index < -0.39 is 5.97 Å². The number of ether oxygens (including phenoxy) is 3. The Kier molecular flexibility index (Phi) is 6.64. The summed E-state index contributed by atoms with van der Waals surface area (Å²) in [5.74, 6) is 0.808. The number of aliphatic carboxylic acids is 1. The number of likely N-dealkylation sites (tertiary alicyclic amines) is 1. The second kappa shape index (κ2) is 9.18. The van der Waals surface area contributed by atoms with Gasteiger partial charge in [0, 0.05) is 0 Å². The molecule has 1 atom stereocenters. The Labute approximate surface area is 172 Å². The smallest absolute Gasteiger partial charge is 0.306 e. The van der Waals surface area contributed by atoms with Crippen molar-refractivity contribution in [3.8, 4) is 17.2 Å². The highest BCUT2D eigenvalue weighted by atomic mass is 16.5. The summed E-state index contributed by atoms with van der Waals surface area (Å²) in [7, 11) is 4.82. The molecule has 1 fully saturated rings. The van der Waals surface area contributed by atoms with Crippen molar-refractivity contribution < 1.29 is 24.1 Å². The maximum Gasteiger partial charge on any atom is 0.306 e. The van der Waals surface area contributed by atoms with Crippen molar-refractivity contribution in [1.82, 2.24) is 4.90 Å². The van der Waals surface area contributed by atoms with Crippen molar-refractivity contribution in [2.75, 3.05) is 34.4 Å². The zero-order valence-electron chi connectivity index (χ0n) is 17.5. The summed E-state index contributed by atoms with van der Waals surface area (Å²) in [5, 5.41) is 9.37. The van der Waals surface area contributed by atoms with Gasteiger partial charge in [0.2, 0.25) is 5.75 Å². The molecule has 0 spiro atoms. The van der Waals surface area contributed by atoms with Crippen LogP contribution in [0, 0.1) is 12.8 Å². The molecule has 1 saturated heterocycles. The minimum atomic E-state index is -0.704. The average molecular weight is 399 g/mol. The van der Waals surface area contributed by atoms with Crippen LogP contribution in [0.25, 0.3) is 0 Å². The Bertz CT molecular complexity index is 833. The topological polar surface area (TPSA) is 68.2 Å². The van der Waals surface area contributed by atoms with Gasteiger partial charge in [0.05, 0.1) is 33.3 Å². The molecule has 0 bridgehead atoms. The van der Waals surface area contributed by atoms with Crippen molar-refractivity contribution in [1.29, 1.82) is 0 Å². The summed E-state index contributed by atoms with van der Waals surface area (Å²) in [6, 6.07) is 12.2. The van der Waals surface area contributed by atoms with E-state index >= 15 is 0 Å². The van der Waals surface area contributed by atoms with E-state index in [1.807, 2.05) is 24.3 Å². The summed E-state index contributed by atoms with van der Waals surface area (Å²) in [6.45, 7) is 3.53. The molecule has 1 unspecified atom stereocenters. The van der Waals surface area contributed by atoms with Gasteiger partial charge in [0.15, 0.2) is 11.5 Å². The van der Waals surface area contributed by atoms with Gasteiger partial charge in [-0.25, -0.2) is 0 Å². The van der Waals surface area contributed by atoms with Crippen LogP contribution in [-0.4, -0.2) is 50.4 Å². The molecule has 2 aromatic carbocycles. The number of aryl methyl sites for hydroxylation is 1. The lowest BCUT2D eigenvalue weighted by Crippen LogP contribution is -2.39. The number of piperidine rings is 1. The highest BCUT2D eigenvalue weighted by molar-refractivity contribution is 5.70. The molecule has 1 aliphatic rings. The minimum absolute atomic E-state index is 0.0281. The van der Waals surface area contributed by atoms with Crippen LogP contribution < -0.4 is 14.2 Å². The number of carboxylic acids is 1. The maximum absolute atomic E-state index is 11.4. The number of nitrogens with zero attached hydrogens (tertiary/aromatic N) is 1. The first kappa shape index (κ1) is 21.0. The van der Waals surface area contributed by atoms with Crippen LogP contribution in [-0.2, 0) is 4.79 Å².